The zero-order valence-corrected chi connectivity index (χ0v) is 12.0. The molecule has 3 nitrogen and oxygen atoms in total. The Bertz CT molecular complexity index is 545. The number of pyridine rings is 1. The molecule has 1 heterocycles. The van der Waals surface area contributed by atoms with Crippen LogP contribution in [0.3, 0.4) is 0 Å². The summed E-state index contributed by atoms with van der Waals surface area (Å²) in [6.07, 6.45) is 2.43. The number of nitrogens with one attached hydrogen (secondary N) is 1. The van der Waals surface area contributed by atoms with Crippen molar-refractivity contribution in [3.8, 4) is 0 Å². The van der Waals surface area contributed by atoms with E-state index in [2.05, 4.69) is 10.3 Å². The lowest BCUT2D eigenvalue weighted by molar-refractivity contribution is -0.121. The summed E-state index contributed by atoms with van der Waals surface area (Å²) in [5.41, 5.74) is 1.75. The fourth-order valence-corrected chi connectivity index (χ4v) is 2.18. The molecule has 0 saturated carbocycles. The number of carbonyl (C=O) groups is 1. The maximum absolute atomic E-state index is 12.1. The summed E-state index contributed by atoms with van der Waals surface area (Å²) in [6.45, 7) is 1.95. The fraction of sp³-hybridized carbons (Fsp3) is 0.250. The van der Waals surface area contributed by atoms with E-state index in [1.807, 2.05) is 55.5 Å². The van der Waals surface area contributed by atoms with Gasteiger partial charge in [0.2, 0.25) is 5.91 Å². The predicted octanol–water partition coefficient (Wildman–Crippen LogP) is 3.11. The van der Waals surface area contributed by atoms with E-state index < -0.39 is 5.38 Å². The molecule has 0 aliphatic rings. The zero-order chi connectivity index (χ0) is 14.4. The van der Waals surface area contributed by atoms with E-state index in [-0.39, 0.29) is 11.9 Å². The summed E-state index contributed by atoms with van der Waals surface area (Å²) >= 11 is 6.18. The average Bonchev–Trinajstić information content (AvgIpc) is 2.48. The number of hydrogen-bond acceptors (Lipinski definition) is 2. The molecule has 2 unspecified atom stereocenters. The summed E-state index contributed by atoms with van der Waals surface area (Å²) < 4.78 is 0. The Morgan fingerprint density at radius 2 is 1.90 bits per heavy atom. The molecule has 0 fully saturated rings. The van der Waals surface area contributed by atoms with Gasteiger partial charge in [0, 0.05) is 24.4 Å². The monoisotopic (exact) mass is 288 g/mol. The Morgan fingerprint density at radius 1 is 1.20 bits per heavy atom. The smallest absolute Gasteiger partial charge is 0.242 e. The summed E-state index contributed by atoms with van der Waals surface area (Å²) in [7, 11) is 0. The maximum Gasteiger partial charge on any atom is 0.242 e. The van der Waals surface area contributed by atoms with Crippen LogP contribution in [-0.2, 0) is 11.2 Å². The number of rotatable bonds is 5. The second-order valence-electron chi connectivity index (χ2n) is 4.71. The third kappa shape index (κ3) is 4.07. The molecule has 1 aromatic heterocycles. The van der Waals surface area contributed by atoms with Crippen LogP contribution in [0.15, 0.2) is 54.7 Å². The normalized spacial score (nSPS) is 13.5. The van der Waals surface area contributed by atoms with Gasteiger partial charge in [0.25, 0.3) is 0 Å². The van der Waals surface area contributed by atoms with E-state index in [0.29, 0.717) is 6.42 Å². The number of carbonyl (C=O) groups excluding carboxylic acids is 1. The first-order valence-electron chi connectivity index (χ1n) is 6.56. The summed E-state index contributed by atoms with van der Waals surface area (Å²) in [4.78, 5) is 16.3. The van der Waals surface area contributed by atoms with E-state index in [1.165, 1.54) is 0 Å². The first-order chi connectivity index (χ1) is 9.66. The number of benzene rings is 1. The van der Waals surface area contributed by atoms with Crippen LogP contribution in [0.25, 0.3) is 0 Å². The molecule has 0 radical (unpaired) electrons. The van der Waals surface area contributed by atoms with E-state index in [4.69, 9.17) is 11.6 Å². The van der Waals surface area contributed by atoms with Gasteiger partial charge in [-0.25, -0.2) is 0 Å². The highest BCUT2D eigenvalue weighted by Gasteiger charge is 2.19. The van der Waals surface area contributed by atoms with Crippen molar-refractivity contribution in [1.29, 1.82) is 0 Å². The van der Waals surface area contributed by atoms with E-state index in [0.717, 1.165) is 11.3 Å². The molecule has 2 atom stereocenters. The number of hydrogen-bond donors (Lipinski definition) is 1. The van der Waals surface area contributed by atoms with E-state index >= 15 is 0 Å². The van der Waals surface area contributed by atoms with Crippen LogP contribution in [0.1, 0.15) is 23.6 Å². The molecular weight excluding hydrogens is 272 g/mol. The second-order valence-corrected chi connectivity index (χ2v) is 5.14. The number of nitrogens with zero attached hydrogens (tertiary/aromatic N) is 1. The van der Waals surface area contributed by atoms with Gasteiger partial charge in [-0.3, -0.25) is 9.78 Å². The highest BCUT2D eigenvalue weighted by Crippen LogP contribution is 2.20. The number of halogens is 1. The molecule has 0 bridgehead atoms. The van der Waals surface area contributed by atoms with Gasteiger partial charge < -0.3 is 5.32 Å². The lowest BCUT2D eigenvalue weighted by Crippen LogP contribution is -2.36. The third-order valence-corrected chi connectivity index (χ3v) is 3.40. The molecule has 2 aromatic rings. The van der Waals surface area contributed by atoms with Crippen LogP contribution >= 0.6 is 11.6 Å². The lowest BCUT2D eigenvalue weighted by atomic mass is 10.1. The Hall–Kier alpha value is -1.87. The molecule has 1 amide bonds. The van der Waals surface area contributed by atoms with Gasteiger partial charge in [-0.2, -0.15) is 0 Å². The maximum atomic E-state index is 12.1. The third-order valence-electron chi connectivity index (χ3n) is 2.95. The zero-order valence-electron chi connectivity index (χ0n) is 11.3. The Kier molecular flexibility index (Phi) is 5.13. The van der Waals surface area contributed by atoms with E-state index in [9.17, 15) is 4.79 Å². The minimum atomic E-state index is -0.664. The van der Waals surface area contributed by atoms with Gasteiger partial charge in [-0.1, -0.05) is 36.4 Å². The molecule has 0 spiro atoms. The molecule has 4 heteroatoms. The van der Waals surface area contributed by atoms with Crippen molar-refractivity contribution in [1.82, 2.24) is 10.3 Å². The Balaban J connectivity index is 1.91. The number of aromatic nitrogens is 1. The van der Waals surface area contributed by atoms with Crippen LogP contribution in [-0.4, -0.2) is 16.9 Å². The number of alkyl halides is 1. The van der Waals surface area contributed by atoms with Gasteiger partial charge in [0.05, 0.1) is 0 Å². The van der Waals surface area contributed by atoms with Gasteiger partial charge in [0.15, 0.2) is 0 Å². The van der Waals surface area contributed by atoms with Crippen molar-refractivity contribution in [2.24, 2.45) is 0 Å². The quantitative estimate of drug-likeness (QED) is 0.859. The second kappa shape index (κ2) is 7.06. The summed E-state index contributed by atoms with van der Waals surface area (Å²) in [6, 6.07) is 15.1. The van der Waals surface area contributed by atoms with Crippen LogP contribution in [0.2, 0.25) is 0 Å². The highest BCUT2D eigenvalue weighted by molar-refractivity contribution is 6.30. The van der Waals surface area contributed by atoms with Crippen molar-refractivity contribution in [3.63, 3.8) is 0 Å². The Morgan fingerprint density at radius 3 is 2.55 bits per heavy atom. The summed E-state index contributed by atoms with van der Waals surface area (Å²) in [5.74, 6) is -0.179. The van der Waals surface area contributed by atoms with Gasteiger partial charge in [0.1, 0.15) is 5.38 Å². The number of amides is 1. The molecule has 20 heavy (non-hydrogen) atoms. The molecule has 0 aliphatic carbocycles. The topological polar surface area (TPSA) is 42.0 Å². The minimum Gasteiger partial charge on any atom is -0.352 e. The molecule has 104 valence electrons. The van der Waals surface area contributed by atoms with Crippen molar-refractivity contribution in [2.45, 2.75) is 24.8 Å². The molecule has 0 aliphatic heterocycles. The van der Waals surface area contributed by atoms with Crippen LogP contribution in [0.4, 0.5) is 0 Å². The highest BCUT2D eigenvalue weighted by atomic mass is 35.5. The minimum absolute atomic E-state index is 0.0117. The first-order valence-corrected chi connectivity index (χ1v) is 7.00. The van der Waals surface area contributed by atoms with Crippen molar-refractivity contribution in [2.75, 3.05) is 0 Å². The molecule has 2 rings (SSSR count). The fourth-order valence-electron chi connectivity index (χ4n) is 1.97. The molecule has 0 saturated heterocycles. The lowest BCUT2D eigenvalue weighted by Gasteiger charge is -2.16. The van der Waals surface area contributed by atoms with Gasteiger partial charge in [-0.15, -0.1) is 11.6 Å². The van der Waals surface area contributed by atoms with Crippen molar-refractivity contribution >= 4 is 17.5 Å². The summed E-state index contributed by atoms with van der Waals surface area (Å²) in [5, 5.41) is 2.25. The van der Waals surface area contributed by atoms with Crippen molar-refractivity contribution in [3.05, 3.63) is 66.0 Å². The molecule has 1 aromatic carbocycles. The predicted molar refractivity (Wildman–Crippen MR) is 80.6 cm³/mol. The van der Waals surface area contributed by atoms with Gasteiger partial charge >= 0.3 is 0 Å². The van der Waals surface area contributed by atoms with Crippen LogP contribution in [0.5, 0.6) is 0 Å². The molecule has 1 N–H and O–H groups in total. The molecular formula is C16H17ClN2O. The van der Waals surface area contributed by atoms with Crippen molar-refractivity contribution < 1.29 is 4.79 Å². The van der Waals surface area contributed by atoms with Crippen LogP contribution in [0, 0.1) is 0 Å². The average molecular weight is 289 g/mol. The standard InChI is InChI=1S/C16H17ClN2O/c1-12(11-14-9-5-6-10-18-14)19-16(20)15(17)13-7-3-2-4-8-13/h2-10,12,15H,11H2,1H3,(H,19,20). The van der Waals surface area contributed by atoms with Crippen LogP contribution < -0.4 is 5.32 Å². The first kappa shape index (κ1) is 14.5. The Labute approximate surface area is 124 Å². The van der Waals surface area contributed by atoms with E-state index in [1.54, 1.807) is 6.20 Å². The van der Waals surface area contributed by atoms with Gasteiger partial charge in [-0.05, 0) is 24.6 Å². The SMILES string of the molecule is CC(Cc1ccccn1)NC(=O)C(Cl)c1ccccc1. The largest absolute Gasteiger partial charge is 0.352 e.